The molecule has 1 saturated heterocycles. The fraction of sp³-hybridized carbons (Fsp3) is 0.571. The fourth-order valence-electron chi connectivity index (χ4n) is 2.34. The van der Waals surface area contributed by atoms with Gasteiger partial charge in [0, 0.05) is 38.0 Å². The van der Waals surface area contributed by atoms with Gasteiger partial charge in [0.25, 0.3) is 5.69 Å². The van der Waals surface area contributed by atoms with Crippen molar-refractivity contribution in [3.05, 3.63) is 28.3 Å². The lowest BCUT2D eigenvalue weighted by atomic mass is 10.2. The van der Waals surface area contributed by atoms with Crippen molar-refractivity contribution in [3.63, 3.8) is 0 Å². The van der Waals surface area contributed by atoms with Gasteiger partial charge in [0.15, 0.2) is 0 Å². The Hall–Kier alpha value is -1.86. The molecule has 2 rings (SSSR count). The first kappa shape index (κ1) is 15.5. The zero-order valence-electron chi connectivity index (χ0n) is 12.3. The molecule has 0 aliphatic carbocycles. The van der Waals surface area contributed by atoms with Crippen LogP contribution in [0.5, 0.6) is 5.75 Å². The van der Waals surface area contributed by atoms with Gasteiger partial charge in [-0.15, -0.1) is 0 Å². The number of nitro groups is 1. The van der Waals surface area contributed by atoms with E-state index in [1.54, 1.807) is 13.2 Å². The maximum absolute atomic E-state index is 11.0. The highest BCUT2D eigenvalue weighted by molar-refractivity contribution is 5.57. The topological polar surface area (TPSA) is 85.7 Å². The number of rotatable bonds is 7. The summed E-state index contributed by atoms with van der Waals surface area (Å²) in [7, 11) is 1.66. The molecule has 1 heterocycles. The number of hydrogen-bond acceptors (Lipinski definition) is 6. The van der Waals surface area contributed by atoms with Crippen LogP contribution in [-0.4, -0.2) is 43.9 Å². The molecule has 21 heavy (non-hydrogen) atoms. The Kier molecular flexibility index (Phi) is 5.35. The quantitative estimate of drug-likeness (QED) is 0.589. The molecule has 1 unspecified atom stereocenters. The molecule has 116 valence electrons. The van der Waals surface area contributed by atoms with Gasteiger partial charge in [-0.25, -0.2) is 0 Å². The molecule has 1 fully saturated rings. The summed E-state index contributed by atoms with van der Waals surface area (Å²) in [5.74, 6) is 0.508. The minimum Gasteiger partial charge on any atom is -0.493 e. The Labute approximate surface area is 123 Å². The van der Waals surface area contributed by atoms with Gasteiger partial charge < -0.3 is 20.1 Å². The number of benzene rings is 1. The van der Waals surface area contributed by atoms with E-state index in [-0.39, 0.29) is 17.8 Å². The molecule has 0 saturated carbocycles. The second-order valence-corrected chi connectivity index (χ2v) is 5.00. The number of nitrogens with one attached hydrogen (secondary N) is 2. The number of methoxy groups -OCH3 is 1. The zero-order chi connectivity index (χ0) is 15.2. The summed E-state index contributed by atoms with van der Waals surface area (Å²) in [6.45, 7) is 4.05. The minimum atomic E-state index is -0.412. The molecule has 0 radical (unpaired) electrons. The highest BCUT2D eigenvalue weighted by Gasteiger charge is 2.27. The molecule has 0 bridgehead atoms. The Morgan fingerprint density at radius 3 is 2.90 bits per heavy atom. The van der Waals surface area contributed by atoms with Crippen molar-refractivity contribution in [3.8, 4) is 5.75 Å². The number of ether oxygens (including phenoxy) is 2. The summed E-state index contributed by atoms with van der Waals surface area (Å²) in [6, 6.07) is 4.83. The van der Waals surface area contributed by atoms with E-state index >= 15 is 0 Å². The average Bonchev–Trinajstić information content (AvgIpc) is 2.92. The number of nitro benzene ring substituents is 1. The standard InChI is InChI=1S/C14H21N3O4/c1-3-4-21-12-6-10(5-11(7-12)17(18)19)16-13-8-15-9-14(13)20-2/h5-7,13-16H,3-4,8-9H2,1-2H3/t13?,14-/m0/s1. The average molecular weight is 295 g/mol. The van der Waals surface area contributed by atoms with Crippen LogP contribution in [-0.2, 0) is 4.74 Å². The smallest absolute Gasteiger partial charge is 0.275 e. The van der Waals surface area contributed by atoms with Crippen molar-refractivity contribution in [1.29, 1.82) is 0 Å². The van der Waals surface area contributed by atoms with Gasteiger partial charge in [-0.3, -0.25) is 10.1 Å². The van der Waals surface area contributed by atoms with Crippen LogP contribution in [0.1, 0.15) is 13.3 Å². The lowest BCUT2D eigenvalue weighted by molar-refractivity contribution is -0.384. The third-order valence-corrected chi connectivity index (χ3v) is 3.39. The molecule has 1 aromatic rings. The maximum atomic E-state index is 11.0. The third kappa shape index (κ3) is 4.05. The second kappa shape index (κ2) is 7.24. The van der Waals surface area contributed by atoms with Gasteiger partial charge >= 0.3 is 0 Å². The molecule has 2 atom stereocenters. The molecular weight excluding hydrogens is 274 g/mol. The van der Waals surface area contributed by atoms with Gasteiger partial charge in [-0.1, -0.05) is 6.92 Å². The van der Waals surface area contributed by atoms with Crippen molar-refractivity contribution in [2.45, 2.75) is 25.5 Å². The molecule has 0 spiro atoms. The van der Waals surface area contributed by atoms with Crippen LogP contribution >= 0.6 is 0 Å². The van der Waals surface area contributed by atoms with Crippen LogP contribution in [0.2, 0.25) is 0 Å². The van der Waals surface area contributed by atoms with Crippen molar-refractivity contribution >= 4 is 11.4 Å². The van der Waals surface area contributed by atoms with Crippen LogP contribution in [0.25, 0.3) is 0 Å². The minimum absolute atomic E-state index is 0.0195. The van der Waals surface area contributed by atoms with E-state index in [1.165, 1.54) is 12.1 Å². The maximum Gasteiger partial charge on any atom is 0.275 e. The van der Waals surface area contributed by atoms with E-state index in [2.05, 4.69) is 10.6 Å². The molecule has 2 N–H and O–H groups in total. The van der Waals surface area contributed by atoms with E-state index in [1.807, 2.05) is 6.92 Å². The first-order valence-corrected chi connectivity index (χ1v) is 7.06. The van der Waals surface area contributed by atoms with Crippen molar-refractivity contribution in [2.24, 2.45) is 0 Å². The lowest BCUT2D eigenvalue weighted by Gasteiger charge is -2.20. The molecular formula is C14H21N3O4. The first-order chi connectivity index (χ1) is 10.1. The van der Waals surface area contributed by atoms with Crippen molar-refractivity contribution in [1.82, 2.24) is 5.32 Å². The molecule has 7 nitrogen and oxygen atoms in total. The largest absolute Gasteiger partial charge is 0.493 e. The highest BCUT2D eigenvalue weighted by Crippen LogP contribution is 2.27. The van der Waals surface area contributed by atoms with Gasteiger partial charge in [-0.2, -0.15) is 0 Å². The van der Waals surface area contributed by atoms with E-state index in [0.29, 0.717) is 18.0 Å². The van der Waals surface area contributed by atoms with Gasteiger partial charge in [0.1, 0.15) is 5.75 Å². The Balaban J connectivity index is 2.16. The summed E-state index contributed by atoms with van der Waals surface area (Å²) >= 11 is 0. The monoisotopic (exact) mass is 295 g/mol. The van der Waals surface area contributed by atoms with E-state index in [9.17, 15) is 10.1 Å². The second-order valence-electron chi connectivity index (χ2n) is 5.00. The van der Waals surface area contributed by atoms with E-state index in [4.69, 9.17) is 9.47 Å². The number of hydrogen-bond donors (Lipinski definition) is 2. The van der Waals surface area contributed by atoms with E-state index in [0.717, 1.165) is 19.5 Å². The summed E-state index contributed by atoms with van der Waals surface area (Å²) in [5.41, 5.74) is 0.692. The normalized spacial score (nSPS) is 21.2. The molecule has 1 aliphatic heterocycles. The van der Waals surface area contributed by atoms with Crippen LogP contribution in [0.4, 0.5) is 11.4 Å². The summed E-state index contributed by atoms with van der Waals surface area (Å²) < 4.78 is 10.9. The molecule has 0 amide bonds. The van der Waals surface area contributed by atoms with Crippen molar-refractivity contribution < 1.29 is 14.4 Å². The predicted octanol–water partition coefficient (Wildman–Crippen LogP) is 1.78. The SMILES string of the molecule is CCCOc1cc(NC2CNC[C@@H]2OC)cc([N+](=O)[O-])c1. The van der Waals surface area contributed by atoms with Gasteiger partial charge in [-0.05, 0) is 6.42 Å². The molecule has 7 heteroatoms. The number of non-ortho nitro benzene ring substituents is 1. The summed E-state index contributed by atoms with van der Waals surface area (Å²) in [4.78, 5) is 10.6. The van der Waals surface area contributed by atoms with Crippen LogP contribution in [0, 0.1) is 10.1 Å². The Morgan fingerprint density at radius 1 is 1.43 bits per heavy atom. The fourth-order valence-corrected chi connectivity index (χ4v) is 2.34. The number of nitrogens with zero attached hydrogens (tertiary/aromatic N) is 1. The molecule has 0 aromatic heterocycles. The highest BCUT2D eigenvalue weighted by atomic mass is 16.6. The third-order valence-electron chi connectivity index (χ3n) is 3.39. The van der Waals surface area contributed by atoms with Crippen molar-refractivity contribution in [2.75, 3.05) is 32.1 Å². The van der Waals surface area contributed by atoms with Crippen LogP contribution in [0.3, 0.4) is 0 Å². The summed E-state index contributed by atoms with van der Waals surface area (Å²) in [6.07, 6.45) is 0.897. The van der Waals surface area contributed by atoms with Gasteiger partial charge in [0.2, 0.25) is 0 Å². The predicted molar refractivity (Wildman–Crippen MR) is 80.0 cm³/mol. The molecule has 1 aromatic carbocycles. The lowest BCUT2D eigenvalue weighted by Crippen LogP contribution is -2.33. The first-order valence-electron chi connectivity index (χ1n) is 7.06. The van der Waals surface area contributed by atoms with E-state index < -0.39 is 4.92 Å². The Morgan fingerprint density at radius 2 is 2.24 bits per heavy atom. The molecule has 1 aliphatic rings. The summed E-state index contributed by atoms with van der Waals surface area (Å²) in [5, 5.41) is 17.5. The number of anilines is 1. The van der Waals surface area contributed by atoms with Gasteiger partial charge in [0.05, 0.1) is 29.7 Å². The zero-order valence-corrected chi connectivity index (χ0v) is 12.3. The van der Waals surface area contributed by atoms with Crippen LogP contribution in [0.15, 0.2) is 18.2 Å². The van der Waals surface area contributed by atoms with Crippen LogP contribution < -0.4 is 15.4 Å². The Bertz CT molecular complexity index is 495.